The lowest BCUT2D eigenvalue weighted by Crippen LogP contribution is -2.19. The van der Waals surface area contributed by atoms with Gasteiger partial charge in [0.25, 0.3) is 0 Å². The van der Waals surface area contributed by atoms with Crippen molar-refractivity contribution in [2.45, 2.75) is 32.2 Å². The van der Waals surface area contributed by atoms with Crippen molar-refractivity contribution in [3.05, 3.63) is 71.8 Å². The maximum atomic E-state index is 3.59. The summed E-state index contributed by atoms with van der Waals surface area (Å²) in [6.07, 6.45) is 3.66. The maximum Gasteiger partial charge on any atom is 0.0291 e. The van der Waals surface area contributed by atoms with Gasteiger partial charge in [-0.15, -0.1) is 0 Å². The lowest BCUT2D eigenvalue weighted by Gasteiger charge is -2.14. The van der Waals surface area contributed by atoms with E-state index in [1.807, 2.05) is 0 Å². The summed E-state index contributed by atoms with van der Waals surface area (Å²) >= 11 is 0. The van der Waals surface area contributed by atoms with Crippen LogP contribution in [0.3, 0.4) is 0 Å². The molecule has 2 rings (SSSR count). The van der Waals surface area contributed by atoms with Crippen molar-refractivity contribution in [1.82, 2.24) is 5.32 Å². The summed E-state index contributed by atoms with van der Waals surface area (Å²) in [4.78, 5) is 0. The first-order valence-electron chi connectivity index (χ1n) is 7.18. The van der Waals surface area contributed by atoms with E-state index in [2.05, 4.69) is 72.9 Å². The molecule has 0 bridgehead atoms. The van der Waals surface area contributed by atoms with Crippen molar-refractivity contribution >= 4 is 0 Å². The van der Waals surface area contributed by atoms with Crippen molar-refractivity contribution in [3.63, 3.8) is 0 Å². The van der Waals surface area contributed by atoms with Gasteiger partial charge in [0, 0.05) is 6.04 Å². The predicted molar refractivity (Wildman–Crippen MR) is 82.2 cm³/mol. The van der Waals surface area contributed by atoms with Crippen LogP contribution in [0.4, 0.5) is 0 Å². The molecule has 1 atom stereocenters. The zero-order chi connectivity index (χ0) is 13.3. The van der Waals surface area contributed by atoms with Crippen molar-refractivity contribution in [1.29, 1.82) is 0 Å². The van der Waals surface area contributed by atoms with Gasteiger partial charge in [0.05, 0.1) is 0 Å². The first-order chi connectivity index (χ1) is 9.36. The first-order valence-corrected chi connectivity index (χ1v) is 7.18. The second-order valence-corrected chi connectivity index (χ2v) is 5.03. The third kappa shape index (κ3) is 4.88. The SMILES string of the molecule is C[C@@H](NCCCCc1ccccc1)c1ccccc1. The van der Waals surface area contributed by atoms with Crippen LogP contribution in [0.25, 0.3) is 0 Å². The van der Waals surface area contributed by atoms with E-state index in [9.17, 15) is 0 Å². The first kappa shape index (κ1) is 13.8. The fraction of sp³-hybridized carbons (Fsp3) is 0.333. The molecule has 100 valence electrons. The summed E-state index contributed by atoms with van der Waals surface area (Å²) in [5, 5.41) is 3.59. The lowest BCUT2D eigenvalue weighted by atomic mass is 10.1. The summed E-state index contributed by atoms with van der Waals surface area (Å²) in [7, 11) is 0. The van der Waals surface area contributed by atoms with Crippen molar-refractivity contribution in [3.8, 4) is 0 Å². The van der Waals surface area contributed by atoms with E-state index < -0.39 is 0 Å². The summed E-state index contributed by atoms with van der Waals surface area (Å²) in [5.74, 6) is 0. The summed E-state index contributed by atoms with van der Waals surface area (Å²) in [5.41, 5.74) is 2.81. The highest BCUT2D eigenvalue weighted by molar-refractivity contribution is 5.18. The van der Waals surface area contributed by atoms with E-state index in [1.165, 1.54) is 30.4 Å². The largest absolute Gasteiger partial charge is 0.310 e. The van der Waals surface area contributed by atoms with Gasteiger partial charge in [-0.1, -0.05) is 60.7 Å². The highest BCUT2D eigenvalue weighted by Gasteiger charge is 2.02. The minimum atomic E-state index is 0.443. The minimum absolute atomic E-state index is 0.443. The van der Waals surface area contributed by atoms with Crippen molar-refractivity contribution in [2.24, 2.45) is 0 Å². The van der Waals surface area contributed by atoms with E-state index in [-0.39, 0.29) is 0 Å². The van der Waals surface area contributed by atoms with Crippen LogP contribution >= 0.6 is 0 Å². The molecule has 0 spiro atoms. The third-order valence-electron chi connectivity index (χ3n) is 3.49. The molecule has 0 aliphatic carbocycles. The molecule has 2 aromatic carbocycles. The van der Waals surface area contributed by atoms with E-state index in [0.29, 0.717) is 6.04 Å². The molecule has 0 heterocycles. The molecule has 1 N–H and O–H groups in total. The molecule has 19 heavy (non-hydrogen) atoms. The lowest BCUT2D eigenvalue weighted by molar-refractivity contribution is 0.546. The number of rotatable bonds is 7. The summed E-state index contributed by atoms with van der Waals surface area (Å²) < 4.78 is 0. The predicted octanol–water partition coefficient (Wildman–Crippen LogP) is 4.36. The van der Waals surface area contributed by atoms with Crippen LogP contribution in [-0.2, 0) is 6.42 Å². The van der Waals surface area contributed by atoms with Crippen LogP contribution in [0.5, 0.6) is 0 Å². The molecule has 0 aliphatic rings. The van der Waals surface area contributed by atoms with E-state index >= 15 is 0 Å². The number of aryl methyl sites for hydroxylation is 1. The molecule has 2 aromatic rings. The van der Waals surface area contributed by atoms with Crippen LogP contribution in [-0.4, -0.2) is 6.54 Å². The number of hydrogen-bond donors (Lipinski definition) is 1. The Morgan fingerprint density at radius 1 is 0.842 bits per heavy atom. The normalized spacial score (nSPS) is 12.3. The highest BCUT2D eigenvalue weighted by Crippen LogP contribution is 2.11. The average molecular weight is 253 g/mol. The average Bonchev–Trinajstić information content (AvgIpc) is 2.49. The Balaban J connectivity index is 1.62. The molecule has 0 radical (unpaired) electrons. The van der Waals surface area contributed by atoms with E-state index in [0.717, 1.165) is 6.54 Å². The van der Waals surface area contributed by atoms with Gasteiger partial charge in [-0.3, -0.25) is 0 Å². The molecule has 1 heteroatoms. The van der Waals surface area contributed by atoms with Gasteiger partial charge in [0.1, 0.15) is 0 Å². The van der Waals surface area contributed by atoms with Gasteiger partial charge in [-0.25, -0.2) is 0 Å². The Bertz CT molecular complexity index is 450. The molecule has 0 amide bonds. The maximum absolute atomic E-state index is 3.59. The highest BCUT2D eigenvalue weighted by atomic mass is 14.9. The fourth-order valence-electron chi connectivity index (χ4n) is 2.28. The van der Waals surface area contributed by atoms with Gasteiger partial charge < -0.3 is 5.32 Å². The number of benzene rings is 2. The van der Waals surface area contributed by atoms with Gasteiger partial charge in [0.2, 0.25) is 0 Å². The van der Waals surface area contributed by atoms with Crippen molar-refractivity contribution in [2.75, 3.05) is 6.54 Å². The Hall–Kier alpha value is -1.60. The molecule has 0 saturated carbocycles. The van der Waals surface area contributed by atoms with Crippen LogP contribution < -0.4 is 5.32 Å². The van der Waals surface area contributed by atoms with Crippen LogP contribution in [0, 0.1) is 0 Å². The summed E-state index contributed by atoms with van der Waals surface area (Å²) in [6, 6.07) is 21.8. The van der Waals surface area contributed by atoms with Crippen LogP contribution in [0.1, 0.15) is 36.9 Å². The summed E-state index contributed by atoms with van der Waals surface area (Å²) in [6.45, 7) is 3.31. The Morgan fingerprint density at radius 3 is 2.16 bits per heavy atom. The van der Waals surface area contributed by atoms with Gasteiger partial charge in [-0.2, -0.15) is 0 Å². The van der Waals surface area contributed by atoms with Gasteiger partial charge in [0.15, 0.2) is 0 Å². The molecule has 0 aromatic heterocycles. The second-order valence-electron chi connectivity index (χ2n) is 5.03. The van der Waals surface area contributed by atoms with E-state index in [4.69, 9.17) is 0 Å². The molecule has 0 saturated heterocycles. The van der Waals surface area contributed by atoms with Crippen LogP contribution in [0.15, 0.2) is 60.7 Å². The zero-order valence-electron chi connectivity index (χ0n) is 11.7. The molecule has 0 unspecified atom stereocenters. The fourth-order valence-corrected chi connectivity index (χ4v) is 2.28. The Kier molecular flexibility index (Phi) is 5.64. The third-order valence-corrected chi connectivity index (χ3v) is 3.49. The topological polar surface area (TPSA) is 12.0 Å². The molecule has 1 nitrogen and oxygen atoms in total. The Labute approximate surface area is 116 Å². The molecular formula is C18H23N. The molecule has 0 aliphatic heterocycles. The number of unbranched alkanes of at least 4 members (excludes halogenated alkanes) is 1. The smallest absolute Gasteiger partial charge is 0.0291 e. The molecule has 0 fully saturated rings. The minimum Gasteiger partial charge on any atom is -0.310 e. The van der Waals surface area contributed by atoms with Crippen LogP contribution in [0.2, 0.25) is 0 Å². The number of nitrogens with one attached hydrogen (secondary N) is 1. The molecular weight excluding hydrogens is 230 g/mol. The van der Waals surface area contributed by atoms with E-state index in [1.54, 1.807) is 0 Å². The standard InChI is InChI=1S/C18H23N/c1-16(18-13-6-3-7-14-18)19-15-9-8-12-17-10-4-2-5-11-17/h2-7,10-11,13-14,16,19H,8-9,12,15H2,1H3/t16-/m1/s1. The second kappa shape index (κ2) is 7.75. The quantitative estimate of drug-likeness (QED) is 0.723. The van der Waals surface area contributed by atoms with Crippen molar-refractivity contribution < 1.29 is 0 Å². The number of hydrogen-bond acceptors (Lipinski definition) is 1. The monoisotopic (exact) mass is 253 g/mol. The van der Waals surface area contributed by atoms with Gasteiger partial charge >= 0.3 is 0 Å². The Morgan fingerprint density at radius 2 is 1.47 bits per heavy atom. The zero-order valence-corrected chi connectivity index (χ0v) is 11.7. The van der Waals surface area contributed by atoms with Gasteiger partial charge in [-0.05, 0) is 43.9 Å².